The van der Waals surface area contributed by atoms with Crippen molar-refractivity contribution in [3.63, 3.8) is 0 Å². The highest BCUT2D eigenvalue weighted by molar-refractivity contribution is 7.21. The van der Waals surface area contributed by atoms with Gasteiger partial charge in [-0.25, -0.2) is 9.97 Å². The minimum absolute atomic E-state index is 0.00166. The van der Waals surface area contributed by atoms with Crippen molar-refractivity contribution in [1.29, 1.82) is 0 Å². The van der Waals surface area contributed by atoms with Crippen molar-refractivity contribution in [2.75, 3.05) is 5.32 Å². The van der Waals surface area contributed by atoms with Gasteiger partial charge in [-0.15, -0.1) is 22.7 Å². The lowest BCUT2D eigenvalue weighted by Gasteiger charge is -2.04. The summed E-state index contributed by atoms with van der Waals surface area (Å²) in [6, 6.07) is 16.0. The van der Waals surface area contributed by atoms with Gasteiger partial charge in [0.25, 0.3) is 0 Å². The zero-order chi connectivity index (χ0) is 17.8. The number of thiophene rings is 1. The van der Waals surface area contributed by atoms with Gasteiger partial charge in [0.15, 0.2) is 0 Å². The normalized spacial score (nSPS) is 10.9. The summed E-state index contributed by atoms with van der Waals surface area (Å²) in [5.41, 5.74) is 1.96. The van der Waals surface area contributed by atoms with Crippen LogP contribution < -0.4 is 5.32 Å². The largest absolute Gasteiger partial charge is 0.311 e. The molecular weight excluding hydrogens is 362 g/mol. The van der Waals surface area contributed by atoms with Crippen LogP contribution in [0.1, 0.15) is 17.7 Å². The first-order chi connectivity index (χ1) is 12.8. The summed E-state index contributed by atoms with van der Waals surface area (Å²) in [6.45, 7) is 0. The Morgan fingerprint density at radius 3 is 2.77 bits per heavy atom. The van der Waals surface area contributed by atoms with Crippen molar-refractivity contribution in [2.45, 2.75) is 19.3 Å². The fraction of sp³-hybridized carbons (Fsp3) is 0.150. The van der Waals surface area contributed by atoms with E-state index in [-0.39, 0.29) is 5.91 Å². The van der Waals surface area contributed by atoms with Crippen molar-refractivity contribution in [2.24, 2.45) is 0 Å². The minimum atomic E-state index is 0.00166. The van der Waals surface area contributed by atoms with Crippen molar-refractivity contribution in [3.8, 4) is 10.6 Å². The molecule has 0 bridgehead atoms. The van der Waals surface area contributed by atoms with Gasteiger partial charge in [0.05, 0.1) is 10.2 Å². The summed E-state index contributed by atoms with van der Waals surface area (Å²) in [5, 5.41) is 5.86. The van der Waals surface area contributed by atoms with Gasteiger partial charge in [-0.1, -0.05) is 18.2 Å². The quantitative estimate of drug-likeness (QED) is 0.489. The lowest BCUT2D eigenvalue weighted by molar-refractivity contribution is -0.116. The number of hydrogen-bond acceptors (Lipinski definition) is 5. The Bertz CT molecular complexity index is 974. The number of aryl methyl sites for hydroxylation is 1. The molecule has 4 nitrogen and oxygen atoms in total. The maximum atomic E-state index is 12.1. The maximum Gasteiger partial charge on any atom is 0.225 e. The number of carbonyl (C=O) groups excluding carboxylic acids is 1. The second kappa shape index (κ2) is 7.76. The van der Waals surface area contributed by atoms with E-state index in [0.29, 0.717) is 12.2 Å². The molecule has 3 heterocycles. The van der Waals surface area contributed by atoms with Gasteiger partial charge in [-0.05, 0) is 48.6 Å². The van der Waals surface area contributed by atoms with E-state index in [0.717, 1.165) is 33.6 Å². The predicted octanol–water partition coefficient (Wildman–Crippen LogP) is 5.38. The number of anilines is 1. The van der Waals surface area contributed by atoms with Crippen LogP contribution in [0, 0.1) is 0 Å². The zero-order valence-electron chi connectivity index (χ0n) is 14.0. The number of amides is 1. The van der Waals surface area contributed by atoms with Crippen molar-refractivity contribution in [1.82, 2.24) is 9.97 Å². The minimum Gasteiger partial charge on any atom is -0.311 e. The summed E-state index contributed by atoms with van der Waals surface area (Å²) in [5.74, 6) is 0.581. The highest BCUT2D eigenvalue weighted by atomic mass is 32.1. The Morgan fingerprint density at radius 2 is 2.00 bits per heavy atom. The highest BCUT2D eigenvalue weighted by Gasteiger charge is 2.08. The molecule has 0 saturated heterocycles. The molecular formula is C20H17N3OS2. The molecule has 1 N–H and O–H groups in total. The molecule has 1 amide bonds. The Balaban J connectivity index is 1.35. The van der Waals surface area contributed by atoms with Crippen LogP contribution in [0.15, 0.2) is 60.1 Å². The average Bonchev–Trinajstić information content (AvgIpc) is 3.31. The summed E-state index contributed by atoms with van der Waals surface area (Å²) < 4.78 is 1.16. The number of thiazole rings is 1. The van der Waals surface area contributed by atoms with Crippen LogP contribution in [-0.2, 0) is 11.2 Å². The number of pyridine rings is 1. The first kappa shape index (κ1) is 16.9. The van der Waals surface area contributed by atoms with E-state index in [1.54, 1.807) is 28.9 Å². The number of aromatic nitrogens is 2. The van der Waals surface area contributed by atoms with Crippen molar-refractivity contribution in [3.05, 3.63) is 65.0 Å². The van der Waals surface area contributed by atoms with E-state index < -0.39 is 0 Å². The molecule has 0 aliphatic carbocycles. The molecule has 1 aromatic carbocycles. The van der Waals surface area contributed by atoms with Gasteiger partial charge in [-0.3, -0.25) is 4.79 Å². The number of hydrogen-bond donors (Lipinski definition) is 1. The molecule has 0 spiro atoms. The number of nitrogens with one attached hydrogen (secondary N) is 1. The van der Waals surface area contributed by atoms with Crippen LogP contribution >= 0.6 is 22.7 Å². The summed E-state index contributed by atoms with van der Waals surface area (Å²) in [6.07, 6.45) is 4.05. The van der Waals surface area contributed by atoms with E-state index >= 15 is 0 Å². The third-order valence-corrected chi connectivity index (χ3v) is 6.00. The van der Waals surface area contributed by atoms with Gasteiger partial charge in [0, 0.05) is 23.1 Å². The smallest absolute Gasteiger partial charge is 0.225 e. The molecule has 26 heavy (non-hydrogen) atoms. The number of benzene rings is 1. The molecule has 4 aromatic rings. The van der Waals surface area contributed by atoms with Gasteiger partial charge >= 0.3 is 0 Å². The van der Waals surface area contributed by atoms with Gasteiger partial charge in [-0.2, -0.15) is 0 Å². The lowest BCUT2D eigenvalue weighted by atomic mass is 10.2. The molecule has 0 aliphatic heterocycles. The Hall–Kier alpha value is -2.57. The Kier molecular flexibility index (Phi) is 5.04. The highest BCUT2D eigenvalue weighted by Crippen LogP contribution is 2.29. The number of fused-ring (bicyclic) bond motifs is 1. The summed E-state index contributed by atoms with van der Waals surface area (Å²) in [4.78, 5) is 22.4. The maximum absolute atomic E-state index is 12.1. The van der Waals surface area contributed by atoms with Crippen LogP contribution in [0.3, 0.4) is 0 Å². The first-order valence-corrected chi connectivity index (χ1v) is 10.1. The molecule has 130 valence electrons. The average molecular weight is 380 g/mol. The molecule has 0 radical (unpaired) electrons. The van der Waals surface area contributed by atoms with Crippen LogP contribution in [0.5, 0.6) is 0 Å². The molecule has 0 atom stereocenters. The topological polar surface area (TPSA) is 54.9 Å². The van der Waals surface area contributed by atoms with Crippen LogP contribution in [-0.4, -0.2) is 15.9 Å². The fourth-order valence-corrected chi connectivity index (χ4v) is 4.38. The first-order valence-electron chi connectivity index (χ1n) is 8.42. The van der Waals surface area contributed by atoms with Crippen molar-refractivity contribution < 1.29 is 4.79 Å². The SMILES string of the molecule is O=C(CCCc1cccs1)Nc1ccc(-c2nc3ccccc3s2)cn1. The van der Waals surface area contributed by atoms with Gasteiger partial charge in [0.2, 0.25) is 5.91 Å². The predicted molar refractivity (Wildman–Crippen MR) is 109 cm³/mol. The second-order valence-electron chi connectivity index (χ2n) is 5.90. The van der Waals surface area contributed by atoms with E-state index in [2.05, 4.69) is 32.8 Å². The van der Waals surface area contributed by atoms with E-state index in [1.807, 2.05) is 36.4 Å². The van der Waals surface area contributed by atoms with Crippen LogP contribution in [0.2, 0.25) is 0 Å². The molecule has 3 aromatic heterocycles. The standard InChI is InChI=1S/C20H17N3OS2/c24-19(9-3-5-15-6-4-12-25-15)23-18-11-10-14(13-21-18)20-22-16-7-1-2-8-17(16)26-20/h1-2,4,6-8,10-13H,3,5,9H2,(H,21,23,24). The molecule has 0 unspecified atom stereocenters. The summed E-state index contributed by atoms with van der Waals surface area (Å²) in [7, 11) is 0. The van der Waals surface area contributed by atoms with E-state index in [1.165, 1.54) is 4.88 Å². The second-order valence-corrected chi connectivity index (χ2v) is 7.96. The lowest BCUT2D eigenvalue weighted by Crippen LogP contribution is -2.12. The molecule has 4 rings (SSSR count). The van der Waals surface area contributed by atoms with Crippen LogP contribution in [0.25, 0.3) is 20.8 Å². The third kappa shape index (κ3) is 3.98. The molecule has 6 heteroatoms. The van der Waals surface area contributed by atoms with Gasteiger partial charge < -0.3 is 5.32 Å². The van der Waals surface area contributed by atoms with E-state index in [4.69, 9.17) is 0 Å². The van der Waals surface area contributed by atoms with Crippen LogP contribution in [0.4, 0.5) is 5.82 Å². The monoisotopic (exact) mass is 379 g/mol. The Morgan fingerprint density at radius 1 is 1.08 bits per heavy atom. The number of para-hydroxylation sites is 1. The summed E-state index contributed by atoms with van der Waals surface area (Å²) >= 11 is 3.37. The zero-order valence-corrected chi connectivity index (χ0v) is 15.6. The number of carbonyl (C=O) groups is 1. The number of nitrogens with zero attached hydrogens (tertiary/aromatic N) is 2. The molecule has 0 saturated carbocycles. The van der Waals surface area contributed by atoms with Gasteiger partial charge in [0.1, 0.15) is 10.8 Å². The number of rotatable bonds is 6. The van der Waals surface area contributed by atoms with Crippen molar-refractivity contribution >= 4 is 44.6 Å². The fourth-order valence-electron chi connectivity index (χ4n) is 2.67. The van der Waals surface area contributed by atoms with E-state index in [9.17, 15) is 4.79 Å². The Labute approximate surface area is 159 Å². The molecule has 0 fully saturated rings. The third-order valence-electron chi connectivity index (χ3n) is 3.98. The molecule has 0 aliphatic rings.